The molecule has 1 aromatic heterocycles. The molecule has 0 aromatic carbocycles. The van der Waals surface area contributed by atoms with Crippen LogP contribution in [-0.2, 0) is 19.5 Å². The maximum absolute atomic E-state index is 12.0. The van der Waals surface area contributed by atoms with Gasteiger partial charge in [0.25, 0.3) is 0 Å². The number of hydrogen-bond acceptors (Lipinski definition) is 3. The first kappa shape index (κ1) is 9.51. The van der Waals surface area contributed by atoms with Gasteiger partial charge in [0, 0.05) is 32.5 Å². The molecule has 0 bridgehead atoms. The van der Waals surface area contributed by atoms with Gasteiger partial charge < -0.3 is 5.32 Å². The Hall–Kier alpha value is -1.04. The van der Waals surface area contributed by atoms with Crippen LogP contribution in [0.2, 0.25) is 0 Å². The van der Waals surface area contributed by atoms with Gasteiger partial charge in [-0.3, -0.25) is 0 Å². The topological polar surface area (TPSA) is 42.7 Å². The lowest BCUT2D eigenvalue weighted by atomic mass is 10.2. The van der Waals surface area contributed by atoms with E-state index < -0.39 is 6.43 Å². The quantitative estimate of drug-likeness (QED) is 0.779. The van der Waals surface area contributed by atoms with E-state index >= 15 is 0 Å². The van der Waals surface area contributed by atoms with Crippen LogP contribution in [0.4, 0.5) is 8.78 Å². The first-order valence-electron chi connectivity index (χ1n) is 4.67. The molecule has 0 spiro atoms. The lowest BCUT2D eigenvalue weighted by molar-refractivity contribution is 0.129. The number of aromatic nitrogens is 3. The smallest absolute Gasteiger partial charge is 0.240 e. The summed E-state index contributed by atoms with van der Waals surface area (Å²) in [5.74, 6) is 0. The summed E-state index contributed by atoms with van der Waals surface area (Å²) in [7, 11) is 0. The average molecular weight is 202 g/mol. The van der Waals surface area contributed by atoms with E-state index in [2.05, 4.69) is 15.6 Å². The summed E-state index contributed by atoms with van der Waals surface area (Å²) in [4.78, 5) is 0. The molecule has 1 aliphatic heterocycles. The normalized spacial score (nSPS) is 15.9. The van der Waals surface area contributed by atoms with Crippen molar-refractivity contribution in [1.82, 2.24) is 20.3 Å². The Morgan fingerprint density at radius 2 is 2.36 bits per heavy atom. The molecule has 0 unspecified atom stereocenters. The Balaban J connectivity index is 2.06. The van der Waals surface area contributed by atoms with Gasteiger partial charge in [0.05, 0.1) is 11.4 Å². The summed E-state index contributed by atoms with van der Waals surface area (Å²) in [5, 5.41) is 11.0. The van der Waals surface area contributed by atoms with Crippen LogP contribution in [0.3, 0.4) is 0 Å². The summed E-state index contributed by atoms with van der Waals surface area (Å²) in [6, 6.07) is 0. The molecule has 0 atom stereocenters. The van der Waals surface area contributed by atoms with Crippen LogP contribution in [0.15, 0.2) is 0 Å². The van der Waals surface area contributed by atoms with E-state index in [-0.39, 0.29) is 13.0 Å². The molecule has 6 heteroatoms. The van der Waals surface area contributed by atoms with Gasteiger partial charge >= 0.3 is 0 Å². The van der Waals surface area contributed by atoms with E-state index in [0.29, 0.717) is 6.54 Å². The number of nitrogens with one attached hydrogen (secondary N) is 1. The highest BCUT2D eigenvalue weighted by molar-refractivity contribution is 5.13. The number of rotatable bonds is 3. The zero-order chi connectivity index (χ0) is 9.97. The molecule has 1 aromatic rings. The van der Waals surface area contributed by atoms with Crippen molar-refractivity contribution in [2.45, 2.75) is 32.4 Å². The molecule has 0 amide bonds. The van der Waals surface area contributed by atoms with Crippen LogP contribution in [-0.4, -0.2) is 28.0 Å². The molecule has 0 radical (unpaired) electrons. The summed E-state index contributed by atoms with van der Waals surface area (Å²) in [6.07, 6.45) is -1.59. The van der Waals surface area contributed by atoms with E-state index in [1.165, 1.54) is 0 Å². The van der Waals surface area contributed by atoms with Gasteiger partial charge in [0.15, 0.2) is 0 Å². The first-order valence-corrected chi connectivity index (χ1v) is 4.67. The molecule has 1 N–H and O–H groups in total. The molecule has 78 valence electrons. The van der Waals surface area contributed by atoms with Crippen LogP contribution >= 0.6 is 0 Å². The van der Waals surface area contributed by atoms with Gasteiger partial charge in [-0.15, -0.1) is 5.10 Å². The van der Waals surface area contributed by atoms with Crippen molar-refractivity contribution < 1.29 is 8.78 Å². The highest BCUT2D eigenvalue weighted by Crippen LogP contribution is 2.11. The van der Waals surface area contributed by atoms with Crippen molar-refractivity contribution in [3.8, 4) is 0 Å². The fraction of sp³-hybridized carbons (Fsp3) is 0.750. The van der Waals surface area contributed by atoms with Crippen molar-refractivity contribution in [2.75, 3.05) is 6.54 Å². The van der Waals surface area contributed by atoms with Crippen LogP contribution < -0.4 is 5.32 Å². The predicted octanol–water partition coefficient (Wildman–Crippen LogP) is 0.579. The van der Waals surface area contributed by atoms with Crippen molar-refractivity contribution in [2.24, 2.45) is 0 Å². The molecule has 4 nitrogen and oxygen atoms in total. The number of halogens is 2. The van der Waals surface area contributed by atoms with Gasteiger partial charge in [-0.05, 0) is 0 Å². The predicted molar refractivity (Wildman–Crippen MR) is 46.1 cm³/mol. The molecule has 2 rings (SSSR count). The number of aryl methyl sites for hydroxylation is 1. The van der Waals surface area contributed by atoms with Crippen molar-refractivity contribution >= 4 is 0 Å². The Morgan fingerprint density at radius 1 is 1.50 bits per heavy atom. The Bertz CT molecular complexity index is 310. The highest BCUT2D eigenvalue weighted by atomic mass is 19.3. The fourth-order valence-corrected chi connectivity index (χ4v) is 1.59. The molecule has 14 heavy (non-hydrogen) atoms. The summed E-state index contributed by atoms with van der Waals surface area (Å²) >= 11 is 0. The number of fused-ring (bicyclic) bond motifs is 1. The van der Waals surface area contributed by atoms with Crippen molar-refractivity contribution in [1.29, 1.82) is 0 Å². The van der Waals surface area contributed by atoms with Gasteiger partial charge in [0.1, 0.15) is 0 Å². The number of hydrogen-bond donors (Lipinski definition) is 1. The van der Waals surface area contributed by atoms with E-state index in [1.807, 2.05) is 0 Å². The fourth-order valence-electron chi connectivity index (χ4n) is 1.59. The van der Waals surface area contributed by atoms with Gasteiger partial charge in [0.2, 0.25) is 6.43 Å². The summed E-state index contributed by atoms with van der Waals surface area (Å²) in [6.45, 7) is 1.83. The molecule has 0 saturated carbocycles. The Labute approximate surface area is 80.3 Å². The molecular formula is C8H12F2N4. The van der Waals surface area contributed by atoms with Gasteiger partial charge in [-0.1, -0.05) is 5.21 Å². The van der Waals surface area contributed by atoms with Crippen LogP contribution in [0.25, 0.3) is 0 Å². The third-order valence-electron chi connectivity index (χ3n) is 2.31. The summed E-state index contributed by atoms with van der Waals surface area (Å²) in [5.41, 5.74) is 1.90. The second kappa shape index (κ2) is 4.00. The lowest BCUT2D eigenvalue weighted by Crippen LogP contribution is -2.25. The standard InChI is InChI=1S/C8H12F2N4/c9-8(10)2-4-14-7-1-3-11-5-6(7)12-13-14/h8,11H,1-5H2. The third kappa shape index (κ3) is 1.89. The average Bonchev–Trinajstić information content (AvgIpc) is 2.58. The molecule has 0 aliphatic carbocycles. The van der Waals surface area contributed by atoms with E-state index in [4.69, 9.17) is 0 Å². The van der Waals surface area contributed by atoms with Crippen molar-refractivity contribution in [3.63, 3.8) is 0 Å². The SMILES string of the molecule is FC(F)CCn1nnc2c1CCNC2. The van der Waals surface area contributed by atoms with Crippen LogP contribution in [0, 0.1) is 0 Å². The maximum Gasteiger partial charge on any atom is 0.240 e. The molecule has 1 aliphatic rings. The minimum atomic E-state index is -2.27. The van der Waals surface area contributed by atoms with Crippen molar-refractivity contribution in [3.05, 3.63) is 11.4 Å². The zero-order valence-electron chi connectivity index (χ0n) is 7.71. The van der Waals surface area contributed by atoms with E-state index in [1.54, 1.807) is 4.68 Å². The largest absolute Gasteiger partial charge is 0.311 e. The van der Waals surface area contributed by atoms with Gasteiger partial charge in [-0.25, -0.2) is 13.5 Å². The molecule has 0 fully saturated rings. The monoisotopic (exact) mass is 202 g/mol. The van der Waals surface area contributed by atoms with E-state index in [0.717, 1.165) is 24.4 Å². The van der Waals surface area contributed by atoms with E-state index in [9.17, 15) is 8.78 Å². The maximum atomic E-state index is 12.0. The minimum Gasteiger partial charge on any atom is -0.311 e. The highest BCUT2D eigenvalue weighted by Gasteiger charge is 2.16. The lowest BCUT2D eigenvalue weighted by Gasteiger charge is -2.13. The first-order chi connectivity index (χ1) is 6.77. The molecule has 2 heterocycles. The van der Waals surface area contributed by atoms with Gasteiger partial charge in [-0.2, -0.15) is 0 Å². The molecule has 0 saturated heterocycles. The number of nitrogens with zero attached hydrogens (tertiary/aromatic N) is 3. The second-order valence-corrected chi connectivity index (χ2v) is 3.31. The minimum absolute atomic E-state index is 0.150. The van der Waals surface area contributed by atoms with Crippen LogP contribution in [0.5, 0.6) is 0 Å². The second-order valence-electron chi connectivity index (χ2n) is 3.31. The molecular weight excluding hydrogens is 190 g/mol. The van der Waals surface area contributed by atoms with Crippen LogP contribution in [0.1, 0.15) is 17.8 Å². The summed E-state index contributed by atoms with van der Waals surface area (Å²) < 4.78 is 25.6. The third-order valence-corrected chi connectivity index (χ3v) is 2.31. The Kier molecular flexibility index (Phi) is 2.72. The number of alkyl halides is 2. The zero-order valence-corrected chi connectivity index (χ0v) is 7.71. The Morgan fingerprint density at radius 3 is 3.14 bits per heavy atom.